The van der Waals surface area contributed by atoms with Crippen LogP contribution in [0.15, 0.2) is 21.2 Å². The fraction of sp³-hybridized carbons (Fsp3) is 0.429. The summed E-state index contributed by atoms with van der Waals surface area (Å²) in [6.45, 7) is 4.53. The van der Waals surface area contributed by atoms with Gasteiger partial charge in [-0.15, -0.1) is 11.3 Å². The molecule has 0 radical (unpaired) electrons. The topological polar surface area (TPSA) is 96.9 Å². The van der Waals surface area contributed by atoms with Gasteiger partial charge in [-0.05, 0) is 5.92 Å². The number of H-pyrrole nitrogens is 1. The van der Waals surface area contributed by atoms with Crippen LogP contribution in [0.2, 0.25) is 0 Å². The molecule has 0 saturated carbocycles. The minimum absolute atomic E-state index is 0.0795. The second kappa shape index (κ2) is 6.69. The molecule has 0 spiro atoms. The van der Waals surface area contributed by atoms with Crippen LogP contribution >= 0.6 is 11.3 Å². The Morgan fingerprint density at radius 3 is 2.82 bits per heavy atom. The van der Waals surface area contributed by atoms with E-state index in [2.05, 4.69) is 29.1 Å². The predicted molar refractivity (Wildman–Crippen MR) is 84.5 cm³/mol. The summed E-state index contributed by atoms with van der Waals surface area (Å²) in [7, 11) is 1.47. The lowest BCUT2D eigenvalue weighted by Crippen LogP contribution is -2.36. The van der Waals surface area contributed by atoms with Crippen molar-refractivity contribution in [3.05, 3.63) is 48.7 Å². The summed E-state index contributed by atoms with van der Waals surface area (Å²) in [4.78, 5) is 41.4. The fourth-order valence-electron chi connectivity index (χ4n) is 1.81. The number of nitrogens with one attached hydrogen (secondary N) is 2. The van der Waals surface area contributed by atoms with E-state index >= 15 is 0 Å². The highest BCUT2D eigenvalue weighted by Gasteiger charge is 2.12. The molecule has 0 atom stereocenters. The lowest BCUT2D eigenvalue weighted by molar-refractivity contribution is 0.0951. The molecule has 0 aromatic carbocycles. The molecule has 7 nitrogen and oxygen atoms in total. The predicted octanol–water partition coefficient (Wildman–Crippen LogP) is 0.626. The van der Waals surface area contributed by atoms with Gasteiger partial charge in [0.05, 0.1) is 10.7 Å². The summed E-state index contributed by atoms with van der Waals surface area (Å²) in [5.74, 6) is -0.124. The smallest absolute Gasteiger partial charge is 0.328 e. The summed E-state index contributed by atoms with van der Waals surface area (Å²) in [5, 5.41) is 5.62. The van der Waals surface area contributed by atoms with E-state index in [1.54, 1.807) is 11.3 Å². The quantitative estimate of drug-likeness (QED) is 0.843. The maximum absolute atomic E-state index is 12.0. The number of aryl methyl sites for hydroxylation is 1. The van der Waals surface area contributed by atoms with Crippen molar-refractivity contribution in [2.24, 2.45) is 7.05 Å². The number of aromatic nitrogens is 3. The van der Waals surface area contributed by atoms with Crippen LogP contribution in [-0.2, 0) is 13.5 Å². The third-order valence-corrected chi connectivity index (χ3v) is 4.07. The Kier molecular flexibility index (Phi) is 4.92. The van der Waals surface area contributed by atoms with E-state index in [1.807, 2.05) is 5.38 Å². The first kappa shape index (κ1) is 16.2. The zero-order chi connectivity index (χ0) is 16.3. The van der Waals surface area contributed by atoms with Gasteiger partial charge in [-0.2, -0.15) is 0 Å². The molecule has 2 aromatic heterocycles. The number of hydrogen-bond donors (Lipinski definition) is 2. The van der Waals surface area contributed by atoms with E-state index in [0.717, 1.165) is 15.3 Å². The molecule has 0 fully saturated rings. The number of nitrogens with zero attached hydrogens (tertiary/aromatic N) is 2. The summed E-state index contributed by atoms with van der Waals surface area (Å²) in [5.41, 5.74) is -0.271. The SMILES string of the molecule is CC(C)c1csc(CCNC(=O)c2cn(C)c(=O)[nH]c2=O)n1. The highest BCUT2D eigenvalue weighted by atomic mass is 32.1. The maximum Gasteiger partial charge on any atom is 0.328 e. The largest absolute Gasteiger partial charge is 0.351 e. The lowest BCUT2D eigenvalue weighted by atomic mass is 10.2. The van der Waals surface area contributed by atoms with Crippen LogP contribution in [0, 0.1) is 0 Å². The average molecular weight is 322 g/mol. The van der Waals surface area contributed by atoms with Crippen molar-refractivity contribution in [1.29, 1.82) is 0 Å². The molecule has 2 heterocycles. The van der Waals surface area contributed by atoms with Crippen molar-refractivity contribution in [2.75, 3.05) is 6.54 Å². The van der Waals surface area contributed by atoms with Crippen molar-refractivity contribution in [1.82, 2.24) is 19.9 Å². The summed E-state index contributed by atoms with van der Waals surface area (Å²) in [6, 6.07) is 0. The molecule has 0 aliphatic rings. The molecule has 0 unspecified atom stereocenters. The minimum Gasteiger partial charge on any atom is -0.351 e. The number of carbonyl (C=O) groups is 1. The molecule has 22 heavy (non-hydrogen) atoms. The van der Waals surface area contributed by atoms with Crippen LogP contribution < -0.4 is 16.6 Å². The van der Waals surface area contributed by atoms with E-state index < -0.39 is 17.2 Å². The number of thiazole rings is 1. The van der Waals surface area contributed by atoms with Gasteiger partial charge >= 0.3 is 5.69 Å². The normalized spacial score (nSPS) is 10.9. The molecule has 118 valence electrons. The van der Waals surface area contributed by atoms with Crippen LogP contribution in [-0.4, -0.2) is 27.0 Å². The zero-order valence-corrected chi connectivity index (χ0v) is 13.5. The fourth-order valence-corrected chi connectivity index (χ4v) is 2.77. The summed E-state index contributed by atoms with van der Waals surface area (Å²) in [6.07, 6.45) is 1.84. The van der Waals surface area contributed by atoms with E-state index in [4.69, 9.17) is 0 Å². The van der Waals surface area contributed by atoms with Gasteiger partial charge in [0.1, 0.15) is 5.56 Å². The first-order valence-corrected chi connectivity index (χ1v) is 7.79. The van der Waals surface area contributed by atoms with Gasteiger partial charge < -0.3 is 9.88 Å². The minimum atomic E-state index is -0.683. The summed E-state index contributed by atoms with van der Waals surface area (Å²) >= 11 is 1.56. The molecular formula is C14H18N4O3S. The second-order valence-electron chi connectivity index (χ2n) is 5.24. The molecule has 1 amide bonds. The number of amides is 1. The van der Waals surface area contributed by atoms with E-state index in [1.165, 1.54) is 13.2 Å². The lowest BCUT2D eigenvalue weighted by Gasteiger charge is -2.04. The molecule has 0 aliphatic carbocycles. The van der Waals surface area contributed by atoms with Crippen molar-refractivity contribution < 1.29 is 4.79 Å². The monoisotopic (exact) mass is 322 g/mol. The Labute approximate surface area is 131 Å². The van der Waals surface area contributed by atoms with Gasteiger partial charge in [-0.3, -0.25) is 14.6 Å². The van der Waals surface area contributed by atoms with Crippen LogP contribution in [0.1, 0.15) is 40.8 Å². The van der Waals surface area contributed by atoms with Gasteiger partial charge in [0.25, 0.3) is 11.5 Å². The van der Waals surface area contributed by atoms with Gasteiger partial charge in [0.2, 0.25) is 0 Å². The van der Waals surface area contributed by atoms with Gasteiger partial charge in [-0.1, -0.05) is 13.8 Å². The zero-order valence-electron chi connectivity index (χ0n) is 12.7. The maximum atomic E-state index is 12.0. The molecule has 2 rings (SSSR count). The molecule has 0 aliphatic heterocycles. The molecule has 8 heteroatoms. The summed E-state index contributed by atoms with van der Waals surface area (Å²) < 4.78 is 1.16. The molecule has 2 aromatic rings. The van der Waals surface area contributed by atoms with Gasteiger partial charge in [0.15, 0.2) is 0 Å². The van der Waals surface area contributed by atoms with Crippen LogP contribution in [0.25, 0.3) is 0 Å². The Morgan fingerprint density at radius 1 is 1.45 bits per heavy atom. The Morgan fingerprint density at radius 2 is 2.18 bits per heavy atom. The third-order valence-electron chi connectivity index (χ3n) is 3.14. The number of aromatic amines is 1. The van der Waals surface area contributed by atoms with Crippen LogP contribution in [0.3, 0.4) is 0 Å². The third kappa shape index (κ3) is 3.70. The Bertz CT molecular complexity index is 788. The molecule has 2 N–H and O–H groups in total. The van der Waals surface area contributed by atoms with Gasteiger partial charge in [-0.25, -0.2) is 9.78 Å². The first-order chi connectivity index (χ1) is 10.4. The second-order valence-corrected chi connectivity index (χ2v) is 6.18. The highest BCUT2D eigenvalue weighted by molar-refractivity contribution is 7.09. The highest BCUT2D eigenvalue weighted by Crippen LogP contribution is 2.17. The number of carbonyl (C=O) groups excluding carboxylic acids is 1. The van der Waals surface area contributed by atoms with Crippen LogP contribution in [0.5, 0.6) is 0 Å². The van der Waals surface area contributed by atoms with E-state index in [0.29, 0.717) is 18.9 Å². The molecule has 0 saturated heterocycles. The van der Waals surface area contributed by atoms with Crippen molar-refractivity contribution in [3.63, 3.8) is 0 Å². The average Bonchev–Trinajstić information content (AvgIpc) is 2.91. The standard InChI is InChI=1S/C14H18N4O3S/c1-8(2)10-7-22-11(16-10)4-5-15-12(19)9-6-18(3)14(21)17-13(9)20/h6-8H,4-5H2,1-3H3,(H,15,19)(H,17,20,21). The molecule has 0 bridgehead atoms. The van der Waals surface area contributed by atoms with E-state index in [9.17, 15) is 14.4 Å². The van der Waals surface area contributed by atoms with Gasteiger partial charge in [0, 0.05) is 31.6 Å². The van der Waals surface area contributed by atoms with E-state index in [-0.39, 0.29) is 5.56 Å². The number of rotatable bonds is 5. The molecular weight excluding hydrogens is 304 g/mol. The van der Waals surface area contributed by atoms with Crippen LogP contribution in [0.4, 0.5) is 0 Å². The van der Waals surface area contributed by atoms with Crippen molar-refractivity contribution in [2.45, 2.75) is 26.2 Å². The first-order valence-electron chi connectivity index (χ1n) is 6.91. The van der Waals surface area contributed by atoms with Crippen molar-refractivity contribution >= 4 is 17.2 Å². The van der Waals surface area contributed by atoms with Crippen molar-refractivity contribution in [3.8, 4) is 0 Å². The Hall–Kier alpha value is -2.22. The Balaban J connectivity index is 1.97. The number of hydrogen-bond acceptors (Lipinski definition) is 5.